The number of alkyl halides is 2. The highest BCUT2D eigenvalue weighted by atomic mass is 19.3. The van der Waals surface area contributed by atoms with Crippen molar-refractivity contribution >= 4 is 29.3 Å². The minimum Gasteiger partial charge on any atom is -0.497 e. The number of likely N-dealkylation sites (tertiary alicyclic amines) is 1. The van der Waals surface area contributed by atoms with Crippen molar-refractivity contribution in [3.8, 4) is 22.6 Å². The molecule has 51 heavy (non-hydrogen) atoms. The average molecular weight is 706 g/mol. The fourth-order valence-electron chi connectivity index (χ4n) is 6.86. The third-order valence-electron chi connectivity index (χ3n) is 9.42. The van der Waals surface area contributed by atoms with Crippen molar-refractivity contribution in [2.45, 2.75) is 70.1 Å². The Labute approximate surface area is 297 Å². The summed E-state index contributed by atoms with van der Waals surface area (Å²) in [6, 6.07) is 20.3. The molecule has 2 atom stereocenters. The van der Waals surface area contributed by atoms with Gasteiger partial charge < -0.3 is 33.6 Å². The summed E-state index contributed by atoms with van der Waals surface area (Å²) in [5.74, 6) is -1.97. The van der Waals surface area contributed by atoms with Gasteiger partial charge in [-0.25, -0.2) is 4.79 Å². The zero-order valence-electron chi connectivity index (χ0n) is 29.7. The first-order valence-corrected chi connectivity index (χ1v) is 17.4. The Morgan fingerprint density at radius 2 is 1.71 bits per heavy atom. The van der Waals surface area contributed by atoms with Gasteiger partial charge in [-0.05, 0) is 99.4 Å². The number of nitrogens with zero attached hydrogens (tertiary/aromatic N) is 3. The van der Waals surface area contributed by atoms with Gasteiger partial charge in [0.15, 0.2) is 5.75 Å². The van der Waals surface area contributed by atoms with Gasteiger partial charge in [0, 0.05) is 45.1 Å². The predicted octanol–water partition coefficient (Wildman–Crippen LogP) is 7.25. The molecular formula is C39H45F2N3O7. The number of methoxy groups -OCH3 is 2. The van der Waals surface area contributed by atoms with E-state index < -0.39 is 29.6 Å². The molecule has 0 radical (unpaired) electrons. The second-order valence-electron chi connectivity index (χ2n) is 14.3. The van der Waals surface area contributed by atoms with Crippen LogP contribution in [-0.2, 0) is 19.1 Å². The van der Waals surface area contributed by atoms with Crippen LogP contribution in [0.2, 0.25) is 0 Å². The number of rotatable bonds is 10. The average Bonchev–Trinajstić information content (AvgIpc) is 3.94. The lowest BCUT2D eigenvalue weighted by Gasteiger charge is -2.41. The van der Waals surface area contributed by atoms with E-state index in [0.29, 0.717) is 25.1 Å². The highest BCUT2D eigenvalue weighted by Gasteiger charge is 2.51. The molecule has 3 aromatic carbocycles. The normalized spacial score (nSPS) is 19.9. The van der Waals surface area contributed by atoms with Crippen LogP contribution in [0.3, 0.4) is 0 Å². The molecule has 1 saturated heterocycles. The molecule has 2 heterocycles. The first kappa shape index (κ1) is 36.1. The third kappa shape index (κ3) is 7.96. The molecule has 0 bridgehead atoms. The largest absolute Gasteiger partial charge is 0.497 e. The Kier molecular flexibility index (Phi) is 10.3. The smallest absolute Gasteiger partial charge is 0.482 e. The van der Waals surface area contributed by atoms with Crippen LogP contribution in [-0.4, -0.2) is 81.0 Å². The molecule has 272 valence electrons. The molecule has 1 aliphatic carbocycles. The summed E-state index contributed by atoms with van der Waals surface area (Å²) in [7, 11) is 3.12. The topological polar surface area (TPSA) is 97.9 Å². The van der Waals surface area contributed by atoms with Crippen molar-refractivity contribution in [3.05, 3.63) is 72.3 Å². The van der Waals surface area contributed by atoms with E-state index in [4.69, 9.17) is 18.9 Å². The van der Waals surface area contributed by atoms with Gasteiger partial charge in [-0.2, -0.15) is 8.78 Å². The van der Waals surface area contributed by atoms with E-state index in [9.17, 15) is 23.2 Å². The van der Waals surface area contributed by atoms with Gasteiger partial charge in [0.2, 0.25) is 5.91 Å². The van der Waals surface area contributed by atoms with E-state index in [2.05, 4.69) is 6.07 Å². The standard InChI is InChI=1S/C39H45F2N3O7/c1-38(2,3)51-37(47)42-19-17-31(27-11-6-9-25(21-27)26-10-7-12-30(22-26)49-5)32(24-42)35(45)44(28-13-14-28)29-15-16-34-33(23-29)43(18-8-20-48-4)36(46)39(40,41)50-34/h6-7,9-12,15-16,21-23,28,31-32H,8,13-14,17-20,24H2,1-5H3/t31-,32+/m1/s1. The number of ether oxygens (including phenoxy) is 4. The lowest BCUT2D eigenvalue weighted by molar-refractivity contribution is -0.192. The lowest BCUT2D eigenvalue weighted by atomic mass is 9.78. The van der Waals surface area contributed by atoms with Gasteiger partial charge in [0.05, 0.1) is 18.7 Å². The molecule has 0 N–H and O–H groups in total. The number of anilines is 2. The Morgan fingerprint density at radius 1 is 0.980 bits per heavy atom. The maximum Gasteiger partial charge on any atom is 0.482 e. The van der Waals surface area contributed by atoms with Crippen LogP contribution < -0.4 is 19.3 Å². The van der Waals surface area contributed by atoms with Crippen molar-refractivity contribution in [1.29, 1.82) is 0 Å². The summed E-state index contributed by atoms with van der Waals surface area (Å²) in [4.78, 5) is 45.5. The number of amides is 3. The van der Waals surface area contributed by atoms with Crippen LogP contribution in [0, 0.1) is 5.92 Å². The Morgan fingerprint density at radius 3 is 2.39 bits per heavy atom. The maximum absolute atomic E-state index is 15.0. The summed E-state index contributed by atoms with van der Waals surface area (Å²) in [6.45, 7) is 6.20. The lowest BCUT2D eigenvalue weighted by Crippen LogP contribution is -2.52. The van der Waals surface area contributed by atoms with Crippen LogP contribution in [0.4, 0.5) is 25.0 Å². The molecule has 10 nitrogen and oxygen atoms in total. The van der Waals surface area contributed by atoms with Gasteiger partial charge in [-0.3, -0.25) is 9.59 Å². The molecular weight excluding hydrogens is 660 g/mol. The van der Waals surface area contributed by atoms with Crippen molar-refractivity contribution in [2.75, 3.05) is 50.3 Å². The second-order valence-corrected chi connectivity index (χ2v) is 14.3. The van der Waals surface area contributed by atoms with E-state index >= 15 is 0 Å². The van der Waals surface area contributed by atoms with E-state index in [-0.39, 0.29) is 49.0 Å². The monoisotopic (exact) mass is 705 g/mol. The number of hydrogen-bond acceptors (Lipinski definition) is 7. The first-order valence-electron chi connectivity index (χ1n) is 17.4. The SMILES string of the molecule is COCCCN1C(=O)C(F)(F)Oc2ccc(N(C(=O)[C@H]3CN(C(=O)OC(C)(C)C)CC[C@@H]3c3cccc(-c4cccc(OC)c4)c3)C3CC3)cc21. The molecule has 6 rings (SSSR count). The Hall–Kier alpha value is -4.71. The van der Waals surface area contributed by atoms with Crippen molar-refractivity contribution in [1.82, 2.24) is 4.90 Å². The van der Waals surface area contributed by atoms with Gasteiger partial charge in [0.25, 0.3) is 0 Å². The minimum atomic E-state index is -4.02. The van der Waals surface area contributed by atoms with E-state index in [1.807, 2.05) is 42.5 Å². The number of carbonyl (C=O) groups is 3. The van der Waals surface area contributed by atoms with Crippen molar-refractivity contribution in [2.24, 2.45) is 5.92 Å². The zero-order valence-corrected chi connectivity index (χ0v) is 29.7. The molecule has 0 aromatic heterocycles. The summed E-state index contributed by atoms with van der Waals surface area (Å²) in [5.41, 5.74) is 2.82. The quantitative estimate of drug-likeness (QED) is 0.205. The van der Waals surface area contributed by atoms with Gasteiger partial charge >= 0.3 is 18.1 Å². The summed E-state index contributed by atoms with van der Waals surface area (Å²) < 4.78 is 50.4. The van der Waals surface area contributed by atoms with Crippen LogP contribution >= 0.6 is 0 Å². The summed E-state index contributed by atoms with van der Waals surface area (Å²) in [6.07, 6.45) is -2.15. The number of halogens is 2. The zero-order chi connectivity index (χ0) is 36.5. The number of benzene rings is 3. The molecule has 2 fully saturated rings. The van der Waals surface area contributed by atoms with Crippen molar-refractivity contribution in [3.63, 3.8) is 0 Å². The van der Waals surface area contributed by atoms with Crippen LogP contribution in [0.15, 0.2) is 66.7 Å². The minimum absolute atomic E-state index is 0.0152. The molecule has 3 aromatic rings. The summed E-state index contributed by atoms with van der Waals surface area (Å²) in [5, 5.41) is 0. The Bertz CT molecular complexity index is 1770. The highest BCUT2D eigenvalue weighted by Crippen LogP contribution is 2.45. The fraction of sp³-hybridized carbons (Fsp3) is 0.462. The van der Waals surface area contributed by atoms with Gasteiger partial charge in [-0.15, -0.1) is 0 Å². The molecule has 2 aliphatic heterocycles. The highest BCUT2D eigenvalue weighted by molar-refractivity contribution is 6.03. The second kappa shape index (κ2) is 14.5. The molecule has 0 unspecified atom stereocenters. The van der Waals surface area contributed by atoms with E-state index in [0.717, 1.165) is 40.2 Å². The number of piperidine rings is 1. The molecule has 0 spiro atoms. The third-order valence-corrected chi connectivity index (χ3v) is 9.42. The molecule has 1 saturated carbocycles. The van der Waals surface area contributed by atoms with E-state index in [1.165, 1.54) is 13.2 Å². The van der Waals surface area contributed by atoms with Gasteiger partial charge in [0.1, 0.15) is 11.4 Å². The van der Waals surface area contributed by atoms with Crippen molar-refractivity contribution < 1.29 is 42.1 Å². The number of hydrogen-bond donors (Lipinski definition) is 0. The maximum atomic E-state index is 15.0. The predicted molar refractivity (Wildman–Crippen MR) is 188 cm³/mol. The number of carbonyl (C=O) groups excluding carboxylic acids is 3. The molecule has 12 heteroatoms. The van der Waals surface area contributed by atoms with Crippen LogP contribution in [0.5, 0.6) is 11.5 Å². The molecule has 3 aliphatic rings. The first-order chi connectivity index (χ1) is 24.3. The number of fused-ring (bicyclic) bond motifs is 1. The van der Waals surface area contributed by atoms with Gasteiger partial charge in [-0.1, -0.05) is 36.4 Å². The van der Waals surface area contributed by atoms with Crippen LogP contribution in [0.25, 0.3) is 11.1 Å². The van der Waals surface area contributed by atoms with Crippen LogP contribution in [0.1, 0.15) is 57.9 Å². The fourth-order valence-corrected chi connectivity index (χ4v) is 6.86. The molecule has 3 amide bonds. The van der Waals surface area contributed by atoms with E-state index in [1.54, 1.807) is 49.8 Å². The Balaban J connectivity index is 1.37. The summed E-state index contributed by atoms with van der Waals surface area (Å²) >= 11 is 0.